The van der Waals surface area contributed by atoms with Crippen LogP contribution in [0.3, 0.4) is 0 Å². The fourth-order valence-electron chi connectivity index (χ4n) is 0.904. The van der Waals surface area contributed by atoms with Crippen molar-refractivity contribution in [2.24, 2.45) is 0 Å². The zero-order chi connectivity index (χ0) is 5.82. The third kappa shape index (κ3) is 3.67. The molecule has 1 saturated heterocycles. The Kier molecular flexibility index (Phi) is 5.03. The molecule has 0 bridgehead atoms. The van der Waals surface area contributed by atoms with E-state index in [1.165, 1.54) is 6.42 Å². The van der Waals surface area contributed by atoms with E-state index in [2.05, 4.69) is 5.32 Å². The van der Waals surface area contributed by atoms with E-state index in [1.807, 2.05) is 0 Å². The SMILES string of the molecule is O=C1CCCCCN1.[Pd]. The van der Waals surface area contributed by atoms with Crippen LogP contribution in [0, 0.1) is 0 Å². The summed E-state index contributed by atoms with van der Waals surface area (Å²) >= 11 is 0. The molecule has 56 valence electrons. The average molecular weight is 220 g/mol. The van der Waals surface area contributed by atoms with E-state index in [4.69, 9.17) is 0 Å². The molecule has 9 heavy (non-hydrogen) atoms. The topological polar surface area (TPSA) is 29.1 Å². The smallest absolute Gasteiger partial charge is 0.219 e. The zero-order valence-corrected chi connectivity index (χ0v) is 6.81. The molecular weight excluding hydrogens is 208 g/mol. The van der Waals surface area contributed by atoms with Gasteiger partial charge < -0.3 is 5.32 Å². The molecule has 1 aliphatic heterocycles. The van der Waals surface area contributed by atoms with Gasteiger partial charge in [0.2, 0.25) is 5.91 Å². The van der Waals surface area contributed by atoms with Crippen molar-refractivity contribution >= 4 is 5.91 Å². The molecule has 1 fully saturated rings. The summed E-state index contributed by atoms with van der Waals surface area (Å²) in [7, 11) is 0. The van der Waals surface area contributed by atoms with Crippen LogP contribution in [0.25, 0.3) is 0 Å². The van der Waals surface area contributed by atoms with E-state index >= 15 is 0 Å². The largest absolute Gasteiger partial charge is 0.356 e. The summed E-state index contributed by atoms with van der Waals surface area (Å²) in [4.78, 5) is 10.6. The van der Waals surface area contributed by atoms with Crippen LogP contribution in [0.4, 0.5) is 0 Å². The molecule has 0 aromatic heterocycles. The molecule has 0 unspecified atom stereocenters. The molecule has 0 aromatic carbocycles. The summed E-state index contributed by atoms with van der Waals surface area (Å²) in [5.74, 6) is 0.225. The fourth-order valence-corrected chi connectivity index (χ4v) is 0.904. The maximum atomic E-state index is 10.6. The molecular formula is C6H11NOPd. The summed E-state index contributed by atoms with van der Waals surface area (Å²) in [6.45, 7) is 0.888. The molecule has 1 heterocycles. The summed E-state index contributed by atoms with van der Waals surface area (Å²) in [6, 6.07) is 0. The number of nitrogens with one attached hydrogen (secondary N) is 1. The van der Waals surface area contributed by atoms with Gasteiger partial charge >= 0.3 is 0 Å². The van der Waals surface area contributed by atoms with Gasteiger partial charge in [0.15, 0.2) is 0 Å². The maximum absolute atomic E-state index is 10.6. The van der Waals surface area contributed by atoms with Gasteiger partial charge in [-0.05, 0) is 12.8 Å². The first-order chi connectivity index (χ1) is 3.89. The Labute approximate surface area is 69.0 Å². The molecule has 0 aliphatic carbocycles. The fraction of sp³-hybridized carbons (Fsp3) is 0.833. The normalized spacial score (nSPS) is 19.3. The van der Waals surface area contributed by atoms with Crippen LogP contribution in [-0.2, 0) is 25.2 Å². The molecule has 0 spiro atoms. The predicted molar refractivity (Wildman–Crippen MR) is 31.5 cm³/mol. The molecule has 0 atom stereocenters. The molecule has 0 radical (unpaired) electrons. The monoisotopic (exact) mass is 219 g/mol. The van der Waals surface area contributed by atoms with Gasteiger partial charge in [-0.15, -0.1) is 0 Å². The average Bonchev–Trinajstić information content (AvgIpc) is 1.94. The summed E-state index contributed by atoms with van der Waals surface area (Å²) in [5, 5.41) is 2.81. The van der Waals surface area contributed by atoms with Gasteiger partial charge in [-0.1, -0.05) is 6.42 Å². The second kappa shape index (κ2) is 4.96. The van der Waals surface area contributed by atoms with E-state index in [-0.39, 0.29) is 26.3 Å². The Balaban J connectivity index is 0.000000640. The Bertz CT molecular complexity index is 85.1. The Morgan fingerprint density at radius 2 is 2.00 bits per heavy atom. The second-order valence-electron chi connectivity index (χ2n) is 2.16. The summed E-state index contributed by atoms with van der Waals surface area (Å²) < 4.78 is 0. The maximum Gasteiger partial charge on any atom is 0.219 e. The molecule has 0 aromatic rings. The van der Waals surface area contributed by atoms with E-state index in [9.17, 15) is 4.79 Å². The minimum absolute atomic E-state index is 0. The van der Waals surface area contributed by atoms with E-state index in [1.54, 1.807) is 0 Å². The van der Waals surface area contributed by atoms with Crippen molar-refractivity contribution < 1.29 is 25.2 Å². The zero-order valence-electron chi connectivity index (χ0n) is 5.26. The molecule has 1 aliphatic rings. The van der Waals surface area contributed by atoms with E-state index in [0.717, 1.165) is 25.8 Å². The third-order valence-corrected chi connectivity index (χ3v) is 1.40. The minimum Gasteiger partial charge on any atom is -0.356 e. The van der Waals surface area contributed by atoms with E-state index < -0.39 is 0 Å². The minimum atomic E-state index is 0. The van der Waals surface area contributed by atoms with Crippen molar-refractivity contribution in [2.45, 2.75) is 25.7 Å². The first-order valence-corrected chi connectivity index (χ1v) is 3.16. The van der Waals surface area contributed by atoms with Crippen LogP contribution in [0.5, 0.6) is 0 Å². The number of carbonyl (C=O) groups is 1. The van der Waals surface area contributed by atoms with Gasteiger partial charge in [0.25, 0.3) is 0 Å². The number of carbonyl (C=O) groups excluding carboxylic acids is 1. The van der Waals surface area contributed by atoms with Crippen molar-refractivity contribution in [1.29, 1.82) is 0 Å². The van der Waals surface area contributed by atoms with Crippen LogP contribution in [0.2, 0.25) is 0 Å². The van der Waals surface area contributed by atoms with Crippen molar-refractivity contribution in [2.75, 3.05) is 6.54 Å². The first kappa shape index (κ1) is 9.13. The van der Waals surface area contributed by atoms with Crippen molar-refractivity contribution in [1.82, 2.24) is 5.32 Å². The molecule has 1 rings (SSSR count). The quantitative estimate of drug-likeness (QED) is 0.597. The van der Waals surface area contributed by atoms with Gasteiger partial charge in [0, 0.05) is 33.4 Å². The number of hydrogen-bond acceptors (Lipinski definition) is 1. The van der Waals surface area contributed by atoms with Gasteiger partial charge in [-0.25, -0.2) is 0 Å². The van der Waals surface area contributed by atoms with E-state index in [0.29, 0.717) is 0 Å². The molecule has 0 saturated carbocycles. The molecule has 2 nitrogen and oxygen atoms in total. The van der Waals surface area contributed by atoms with Crippen LogP contribution in [0.15, 0.2) is 0 Å². The van der Waals surface area contributed by atoms with Crippen molar-refractivity contribution in [3.05, 3.63) is 0 Å². The van der Waals surface area contributed by atoms with Crippen molar-refractivity contribution in [3.8, 4) is 0 Å². The summed E-state index contributed by atoms with van der Waals surface area (Å²) in [6.07, 6.45) is 4.18. The molecule has 1 amide bonds. The van der Waals surface area contributed by atoms with Crippen LogP contribution < -0.4 is 5.32 Å². The van der Waals surface area contributed by atoms with Gasteiger partial charge in [-0.2, -0.15) is 0 Å². The Morgan fingerprint density at radius 1 is 1.22 bits per heavy atom. The van der Waals surface area contributed by atoms with Crippen LogP contribution >= 0.6 is 0 Å². The third-order valence-electron chi connectivity index (χ3n) is 1.40. The predicted octanol–water partition coefficient (Wildman–Crippen LogP) is 0.674. The Morgan fingerprint density at radius 3 is 2.78 bits per heavy atom. The standard InChI is InChI=1S/C6H11NO.Pd/c8-6-4-2-1-3-5-7-6;/h1-5H2,(H,7,8);. The number of hydrogen-bond donors (Lipinski definition) is 1. The van der Waals surface area contributed by atoms with Gasteiger partial charge in [-0.3, -0.25) is 4.79 Å². The van der Waals surface area contributed by atoms with Gasteiger partial charge in [0.1, 0.15) is 0 Å². The van der Waals surface area contributed by atoms with Gasteiger partial charge in [0.05, 0.1) is 0 Å². The number of amides is 1. The summed E-state index contributed by atoms with van der Waals surface area (Å²) in [5.41, 5.74) is 0. The van der Waals surface area contributed by atoms with Crippen molar-refractivity contribution in [3.63, 3.8) is 0 Å². The van der Waals surface area contributed by atoms with Crippen LogP contribution in [0.1, 0.15) is 25.7 Å². The van der Waals surface area contributed by atoms with Crippen LogP contribution in [-0.4, -0.2) is 12.5 Å². The number of rotatable bonds is 0. The molecule has 3 heteroatoms. The second-order valence-corrected chi connectivity index (χ2v) is 2.16. The molecule has 1 N–H and O–H groups in total. The Hall–Kier alpha value is 0.132. The first-order valence-electron chi connectivity index (χ1n) is 3.16.